The van der Waals surface area contributed by atoms with Crippen LogP contribution in [0.5, 0.6) is 0 Å². The average molecular weight is 626 g/mol. The van der Waals surface area contributed by atoms with Crippen LogP contribution < -0.4 is 21.3 Å². The smallest absolute Gasteiger partial charge is 0.407 e. The normalized spacial score (nSPS) is 16.8. The molecule has 0 radical (unpaired) electrons. The number of Topliss-reactive ketones (excluding diaryl/α,β-unsaturated/α-hetero) is 1. The van der Waals surface area contributed by atoms with Crippen molar-refractivity contribution >= 4 is 41.5 Å². The third kappa shape index (κ3) is 10.9. The molecule has 0 saturated carbocycles. The van der Waals surface area contributed by atoms with E-state index in [2.05, 4.69) is 21.3 Å². The van der Waals surface area contributed by atoms with Gasteiger partial charge in [-0.3, -0.25) is 24.0 Å². The first kappa shape index (κ1) is 35.6. The van der Waals surface area contributed by atoms with Crippen LogP contribution in [0.2, 0.25) is 0 Å². The van der Waals surface area contributed by atoms with Crippen LogP contribution in [0.3, 0.4) is 0 Å². The van der Waals surface area contributed by atoms with E-state index >= 15 is 0 Å². The largest absolute Gasteiger partial charge is 0.479 e. The zero-order valence-electron chi connectivity index (χ0n) is 24.6. The van der Waals surface area contributed by atoms with Crippen LogP contribution in [0, 0.1) is 5.92 Å². The molecule has 1 saturated heterocycles. The van der Waals surface area contributed by atoms with Crippen LogP contribution in [-0.2, 0) is 33.5 Å². The van der Waals surface area contributed by atoms with Crippen molar-refractivity contribution in [1.82, 2.24) is 26.2 Å². The Morgan fingerprint density at radius 3 is 2.27 bits per heavy atom. The van der Waals surface area contributed by atoms with Gasteiger partial charge in [-0.15, -0.1) is 0 Å². The molecule has 16 heteroatoms. The van der Waals surface area contributed by atoms with E-state index in [0.717, 1.165) is 0 Å². The number of aliphatic carboxylic acids is 1. The number of nitrogens with one attached hydrogen (secondary N) is 4. The number of carbonyl (C=O) groups excluding carboxylic acids is 6. The molecule has 1 aromatic carbocycles. The Morgan fingerprint density at radius 2 is 1.68 bits per heavy atom. The highest BCUT2D eigenvalue weighted by Gasteiger charge is 2.50. The third-order valence-corrected chi connectivity index (χ3v) is 6.35. The van der Waals surface area contributed by atoms with Gasteiger partial charge >= 0.3 is 12.1 Å². The summed E-state index contributed by atoms with van der Waals surface area (Å²) < 4.78 is 33.4. The van der Waals surface area contributed by atoms with Gasteiger partial charge in [0.1, 0.15) is 12.6 Å². The minimum atomic E-state index is -3.43. The first-order chi connectivity index (χ1) is 20.6. The molecule has 5 N–H and O–H groups in total. The molecular weight excluding hydrogens is 588 g/mol. The minimum absolute atomic E-state index is 0.0174. The van der Waals surface area contributed by atoms with E-state index in [0.29, 0.717) is 4.90 Å². The number of hydrogen-bond acceptors (Lipinski definition) is 8. The molecule has 44 heavy (non-hydrogen) atoms. The van der Waals surface area contributed by atoms with Crippen molar-refractivity contribution in [2.75, 3.05) is 26.2 Å². The molecule has 5 amide bonds. The molecule has 0 aliphatic carbocycles. The Balaban J connectivity index is 2.00. The van der Waals surface area contributed by atoms with Crippen LogP contribution >= 0.6 is 0 Å². The van der Waals surface area contributed by atoms with Crippen LogP contribution in [0.1, 0.15) is 51.6 Å². The second-order valence-corrected chi connectivity index (χ2v) is 10.6. The van der Waals surface area contributed by atoms with Gasteiger partial charge in [-0.2, -0.15) is 0 Å². The lowest BCUT2D eigenvalue weighted by molar-refractivity contribution is -0.143. The highest BCUT2D eigenvalue weighted by molar-refractivity contribution is 6.38. The fourth-order valence-electron chi connectivity index (χ4n) is 4.23. The van der Waals surface area contributed by atoms with Gasteiger partial charge in [0, 0.05) is 6.42 Å². The maximum atomic E-state index is 14.3. The van der Waals surface area contributed by atoms with Crippen LogP contribution in [0.15, 0.2) is 30.3 Å². The molecule has 1 aliphatic heterocycles. The Morgan fingerprint density at radius 1 is 1.02 bits per heavy atom. The number of carbonyl (C=O) groups is 7. The monoisotopic (exact) mass is 625 g/mol. The van der Waals surface area contributed by atoms with E-state index in [-0.39, 0.29) is 30.9 Å². The summed E-state index contributed by atoms with van der Waals surface area (Å²) in [5.74, 6) is -10.2. The number of hydrogen-bond donors (Lipinski definition) is 5. The number of benzene rings is 1. The first-order valence-electron chi connectivity index (χ1n) is 13.9. The summed E-state index contributed by atoms with van der Waals surface area (Å²) in [6.45, 7) is 2.69. The van der Waals surface area contributed by atoms with Crippen LogP contribution in [0.4, 0.5) is 13.6 Å². The van der Waals surface area contributed by atoms with E-state index in [1.807, 2.05) is 0 Å². The van der Waals surface area contributed by atoms with Crippen molar-refractivity contribution in [3.05, 3.63) is 35.9 Å². The van der Waals surface area contributed by atoms with E-state index in [9.17, 15) is 47.4 Å². The minimum Gasteiger partial charge on any atom is -0.479 e. The summed E-state index contributed by atoms with van der Waals surface area (Å²) in [6, 6.07) is 3.17. The number of halogens is 2. The average Bonchev–Trinajstić information content (AvgIpc) is 3.31. The predicted molar refractivity (Wildman–Crippen MR) is 149 cm³/mol. The fraction of sp³-hybridized carbons (Fsp3) is 0.536. The number of ketones is 1. The molecule has 1 fully saturated rings. The van der Waals surface area contributed by atoms with Gasteiger partial charge in [-0.05, 0) is 17.9 Å². The quantitative estimate of drug-likeness (QED) is 0.172. The maximum absolute atomic E-state index is 14.3. The van der Waals surface area contributed by atoms with E-state index in [1.54, 1.807) is 39.0 Å². The summed E-state index contributed by atoms with van der Waals surface area (Å²) >= 11 is 0. The standard InChI is InChI=1S/C28H37F2N5O9/c1-4-8-18(23(38)25(40)31-12-20(36)34-22(26(41)42)17-9-6-5-7-10-17)33-24(39)19-11-28(29,30)15-35(19)21(37)13-32-27(43)44-14-16(2)3/h5-7,9-10,16,18-19,22H,4,8,11-15H2,1-3H3,(H,31,40)(H,32,43)(H,33,39)(H,34,36)(H,41,42)/t18?,19-,22-/m0/s1. The van der Waals surface area contributed by atoms with Crippen molar-refractivity contribution < 1.29 is 52.2 Å². The van der Waals surface area contributed by atoms with Gasteiger partial charge in [0.05, 0.1) is 25.7 Å². The van der Waals surface area contributed by atoms with Gasteiger partial charge in [0.2, 0.25) is 23.5 Å². The molecule has 3 atom stereocenters. The van der Waals surface area contributed by atoms with E-state index < -0.39 is 91.6 Å². The molecule has 2 rings (SSSR count). The molecule has 0 bridgehead atoms. The van der Waals surface area contributed by atoms with Crippen molar-refractivity contribution in [2.45, 2.75) is 64.1 Å². The lowest BCUT2D eigenvalue weighted by atomic mass is 10.0. The second-order valence-electron chi connectivity index (χ2n) is 10.6. The van der Waals surface area contributed by atoms with Gasteiger partial charge in [0.25, 0.3) is 11.8 Å². The molecule has 0 spiro atoms. The zero-order chi connectivity index (χ0) is 33.0. The molecule has 1 heterocycles. The number of carboxylic acids is 1. The molecule has 1 unspecified atom stereocenters. The lowest BCUT2D eigenvalue weighted by Crippen LogP contribution is -2.54. The number of ether oxygens (including phenoxy) is 1. The Kier molecular flexibility index (Phi) is 13.2. The number of amides is 5. The molecular formula is C28H37F2N5O9. The SMILES string of the molecule is CCCC(NC(=O)[C@@H]1CC(F)(F)CN1C(=O)CNC(=O)OCC(C)C)C(=O)C(=O)NCC(=O)N[C@H](C(=O)O)c1ccccc1. The van der Waals surface area contributed by atoms with Gasteiger partial charge in [-0.1, -0.05) is 57.5 Å². The number of alkyl carbamates (subject to hydrolysis) is 1. The van der Waals surface area contributed by atoms with Gasteiger partial charge in [-0.25, -0.2) is 18.4 Å². The molecule has 0 aromatic heterocycles. The Labute approximate surface area is 252 Å². The number of nitrogens with zero attached hydrogens (tertiary/aromatic N) is 1. The highest BCUT2D eigenvalue weighted by atomic mass is 19.3. The fourth-order valence-corrected chi connectivity index (χ4v) is 4.23. The van der Waals surface area contributed by atoms with Crippen molar-refractivity contribution in [3.8, 4) is 0 Å². The number of alkyl halides is 2. The van der Waals surface area contributed by atoms with Crippen molar-refractivity contribution in [3.63, 3.8) is 0 Å². The van der Waals surface area contributed by atoms with Gasteiger partial charge in [0.15, 0.2) is 6.04 Å². The first-order valence-corrected chi connectivity index (χ1v) is 13.9. The summed E-state index contributed by atoms with van der Waals surface area (Å²) in [5.41, 5.74) is 0.272. The molecule has 14 nitrogen and oxygen atoms in total. The van der Waals surface area contributed by atoms with E-state index in [4.69, 9.17) is 4.74 Å². The maximum Gasteiger partial charge on any atom is 0.407 e. The van der Waals surface area contributed by atoms with Crippen molar-refractivity contribution in [2.24, 2.45) is 5.92 Å². The molecule has 1 aromatic rings. The predicted octanol–water partition coefficient (Wildman–Crippen LogP) is 0.517. The second kappa shape index (κ2) is 16.3. The Hall–Kier alpha value is -4.63. The third-order valence-electron chi connectivity index (χ3n) is 6.35. The number of likely N-dealkylation sites (tertiary alicyclic amines) is 1. The highest BCUT2D eigenvalue weighted by Crippen LogP contribution is 2.32. The number of carboxylic acid groups (broad SMARTS) is 1. The summed E-state index contributed by atoms with van der Waals surface area (Å²) in [6.07, 6.45) is -1.77. The van der Waals surface area contributed by atoms with Crippen LogP contribution in [-0.4, -0.2) is 95.7 Å². The van der Waals surface area contributed by atoms with E-state index in [1.165, 1.54) is 12.1 Å². The van der Waals surface area contributed by atoms with Crippen molar-refractivity contribution in [1.29, 1.82) is 0 Å². The summed E-state index contributed by atoms with van der Waals surface area (Å²) in [5, 5.41) is 18.1. The zero-order valence-corrected chi connectivity index (χ0v) is 24.6. The van der Waals surface area contributed by atoms with Crippen LogP contribution in [0.25, 0.3) is 0 Å². The number of rotatable bonds is 15. The summed E-state index contributed by atoms with van der Waals surface area (Å²) in [7, 11) is 0. The van der Waals surface area contributed by atoms with Gasteiger partial charge < -0.3 is 36.0 Å². The molecule has 242 valence electrons. The molecule has 1 aliphatic rings. The topological polar surface area (TPSA) is 200 Å². The lowest BCUT2D eigenvalue weighted by Gasteiger charge is -2.25. The summed E-state index contributed by atoms with van der Waals surface area (Å²) in [4.78, 5) is 87.2. The Bertz CT molecular complexity index is 1230.